The molecule has 0 heterocycles. The molecule has 32 heavy (non-hydrogen) atoms. The van der Waals surface area contributed by atoms with Gasteiger partial charge in [0, 0.05) is 11.3 Å². The van der Waals surface area contributed by atoms with Crippen molar-refractivity contribution in [2.24, 2.45) is 0 Å². The number of anilines is 2. The van der Waals surface area contributed by atoms with Crippen LogP contribution in [0.2, 0.25) is 10.0 Å². The maximum atomic E-state index is 12.9. The third kappa shape index (κ3) is 5.35. The normalized spacial score (nSPS) is 11.8. The maximum Gasteiger partial charge on any atom is 0.416 e. The van der Waals surface area contributed by atoms with E-state index in [0.717, 1.165) is 24.3 Å². The molecule has 0 saturated heterocycles. The molecular weight excluding hydrogens is 488 g/mol. The lowest BCUT2D eigenvalue weighted by Crippen LogP contribution is -2.17. The molecule has 0 aliphatic rings. The van der Waals surface area contributed by atoms with Crippen molar-refractivity contribution in [1.82, 2.24) is 0 Å². The first-order chi connectivity index (χ1) is 14.9. The van der Waals surface area contributed by atoms with E-state index < -0.39 is 27.7 Å². The lowest BCUT2D eigenvalue weighted by molar-refractivity contribution is -0.137. The molecule has 2 N–H and O–H groups in total. The summed E-state index contributed by atoms with van der Waals surface area (Å²) in [5, 5.41) is 2.52. The SMILES string of the molecule is Cc1ccc(S(=O)(=O)Nc2c(Cl)cccc2Cl)cc1C(=O)Nc1cccc(C(F)(F)F)c1. The molecule has 0 fully saturated rings. The Balaban J connectivity index is 1.91. The van der Waals surface area contributed by atoms with Gasteiger partial charge in [-0.3, -0.25) is 9.52 Å². The number of aryl methyl sites for hydroxylation is 1. The molecule has 0 aliphatic carbocycles. The van der Waals surface area contributed by atoms with E-state index in [4.69, 9.17) is 23.2 Å². The fourth-order valence-corrected chi connectivity index (χ4v) is 4.50. The van der Waals surface area contributed by atoms with Gasteiger partial charge in [-0.2, -0.15) is 13.2 Å². The van der Waals surface area contributed by atoms with Crippen LogP contribution in [0.1, 0.15) is 21.5 Å². The second kappa shape index (κ2) is 9.01. The summed E-state index contributed by atoms with van der Waals surface area (Å²) >= 11 is 12.0. The number of carbonyl (C=O) groups excluding carboxylic acids is 1. The van der Waals surface area contributed by atoms with Crippen molar-refractivity contribution < 1.29 is 26.4 Å². The van der Waals surface area contributed by atoms with Crippen molar-refractivity contribution in [2.75, 3.05) is 10.0 Å². The smallest absolute Gasteiger partial charge is 0.322 e. The number of hydrogen-bond donors (Lipinski definition) is 2. The van der Waals surface area contributed by atoms with Crippen molar-refractivity contribution in [2.45, 2.75) is 18.0 Å². The topological polar surface area (TPSA) is 75.3 Å². The Hall–Kier alpha value is -2.75. The average Bonchev–Trinajstić information content (AvgIpc) is 2.70. The zero-order valence-corrected chi connectivity index (χ0v) is 18.6. The summed E-state index contributed by atoms with van der Waals surface area (Å²) in [5.41, 5.74) is -0.645. The number of rotatable bonds is 5. The molecule has 0 aliphatic heterocycles. The lowest BCUT2D eigenvalue weighted by Gasteiger charge is -2.14. The number of alkyl halides is 3. The molecule has 11 heteroatoms. The first-order valence-corrected chi connectivity index (χ1v) is 11.2. The van der Waals surface area contributed by atoms with Crippen LogP contribution >= 0.6 is 23.2 Å². The van der Waals surface area contributed by atoms with Gasteiger partial charge in [-0.15, -0.1) is 0 Å². The third-order valence-electron chi connectivity index (χ3n) is 4.41. The van der Waals surface area contributed by atoms with Gasteiger partial charge in [-0.05, 0) is 55.0 Å². The number of halogens is 5. The van der Waals surface area contributed by atoms with Crippen molar-refractivity contribution in [1.29, 1.82) is 0 Å². The van der Waals surface area contributed by atoms with E-state index in [1.807, 2.05) is 0 Å². The van der Waals surface area contributed by atoms with Crippen LogP contribution in [0.15, 0.2) is 65.6 Å². The summed E-state index contributed by atoms with van der Waals surface area (Å²) in [6.07, 6.45) is -4.57. The molecule has 3 rings (SSSR count). The predicted molar refractivity (Wildman–Crippen MR) is 118 cm³/mol. The molecule has 168 valence electrons. The highest BCUT2D eigenvalue weighted by Crippen LogP contribution is 2.33. The van der Waals surface area contributed by atoms with E-state index in [2.05, 4.69) is 10.0 Å². The van der Waals surface area contributed by atoms with E-state index >= 15 is 0 Å². The molecule has 0 saturated carbocycles. The van der Waals surface area contributed by atoms with Crippen molar-refractivity contribution in [3.63, 3.8) is 0 Å². The molecule has 1 amide bonds. The van der Waals surface area contributed by atoms with Crippen LogP contribution in [0.25, 0.3) is 0 Å². The second-order valence-corrected chi connectivity index (χ2v) is 9.21. The molecule has 0 atom stereocenters. The standard InChI is InChI=1S/C21H15Cl2F3N2O3S/c1-12-8-9-15(32(30,31)28-19-17(22)6-3-7-18(19)23)11-16(12)20(29)27-14-5-2-4-13(10-14)21(24,25)26/h2-11,28H,1H3,(H,27,29). The molecular formula is C21H15Cl2F3N2O3S. The van der Waals surface area contributed by atoms with Crippen LogP contribution in [0.5, 0.6) is 0 Å². The van der Waals surface area contributed by atoms with Crippen LogP contribution in [0.3, 0.4) is 0 Å². The van der Waals surface area contributed by atoms with Crippen LogP contribution in [0.4, 0.5) is 24.5 Å². The van der Waals surface area contributed by atoms with Gasteiger partial charge >= 0.3 is 6.18 Å². The van der Waals surface area contributed by atoms with Gasteiger partial charge in [0.1, 0.15) is 0 Å². The Kier molecular flexibility index (Phi) is 6.73. The van der Waals surface area contributed by atoms with Gasteiger partial charge in [0.15, 0.2) is 0 Å². The van der Waals surface area contributed by atoms with Crippen molar-refractivity contribution >= 4 is 50.5 Å². The Morgan fingerprint density at radius 3 is 2.19 bits per heavy atom. The van der Waals surface area contributed by atoms with Crippen LogP contribution in [-0.4, -0.2) is 14.3 Å². The fraction of sp³-hybridized carbons (Fsp3) is 0.0952. The van der Waals surface area contributed by atoms with Gasteiger partial charge < -0.3 is 5.32 Å². The minimum absolute atomic E-state index is 0.0219. The Labute approximate surface area is 192 Å². The minimum Gasteiger partial charge on any atom is -0.322 e. The average molecular weight is 503 g/mol. The zero-order chi connectivity index (χ0) is 23.7. The molecule has 0 radical (unpaired) electrons. The molecule has 5 nitrogen and oxygen atoms in total. The summed E-state index contributed by atoms with van der Waals surface area (Å²) in [6.45, 7) is 1.57. The second-order valence-electron chi connectivity index (χ2n) is 6.71. The summed E-state index contributed by atoms with van der Waals surface area (Å²) < 4.78 is 66.6. The van der Waals surface area contributed by atoms with Gasteiger partial charge in [0.2, 0.25) is 0 Å². The first kappa shape index (κ1) is 23.9. The van der Waals surface area contributed by atoms with Crippen LogP contribution in [-0.2, 0) is 16.2 Å². The number of carbonyl (C=O) groups is 1. The number of sulfonamides is 1. The highest BCUT2D eigenvalue weighted by molar-refractivity contribution is 7.92. The summed E-state index contributed by atoms with van der Waals surface area (Å²) in [6, 6.07) is 12.4. The zero-order valence-electron chi connectivity index (χ0n) is 16.3. The Morgan fingerprint density at radius 1 is 0.938 bits per heavy atom. The van der Waals surface area contributed by atoms with Crippen molar-refractivity contribution in [3.8, 4) is 0 Å². The summed E-state index contributed by atoms with van der Waals surface area (Å²) in [7, 11) is -4.18. The fourth-order valence-electron chi connectivity index (χ4n) is 2.77. The minimum atomic E-state index is -4.57. The maximum absolute atomic E-state index is 12.9. The predicted octanol–water partition coefficient (Wildman–Crippen LogP) is 6.37. The highest BCUT2D eigenvalue weighted by Gasteiger charge is 2.30. The van der Waals surface area contributed by atoms with Gasteiger partial charge in [-0.25, -0.2) is 8.42 Å². The Bertz CT molecular complexity index is 1280. The largest absolute Gasteiger partial charge is 0.416 e. The van der Waals surface area contributed by atoms with Gasteiger partial charge in [-0.1, -0.05) is 41.4 Å². The molecule has 0 unspecified atom stereocenters. The van der Waals surface area contributed by atoms with E-state index in [9.17, 15) is 26.4 Å². The lowest BCUT2D eigenvalue weighted by atomic mass is 10.1. The summed E-state index contributed by atoms with van der Waals surface area (Å²) in [5.74, 6) is -0.769. The van der Waals surface area contributed by atoms with E-state index in [1.54, 1.807) is 13.0 Å². The van der Waals surface area contributed by atoms with Crippen LogP contribution in [0, 0.1) is 6.92 Å². The quantitative estimate of drug-likeness (QED) is 0.425. The third-order valence-corrected chi connectivity index (χ3v) is 6.39. The van der Waals surface area contributed by atoms with E-state index in [-0.39, 0.29) is 31.9 Å². The van der Waals surface area contributed by atoms with E-state index in [0.29, 0.717) is 5.56 Å². The van der Waals surface area contributed by atoms with Gasteiger partial charge in [0.05, 0.1) is 26.2 Å². The molecule has 3 aromatic carbocycles. The van der Waals surface area contributed by atoms with E-state index in [1.165, 1.54) is 30.3 Å². The molecule has 0 bridgehead atoms. The van der Waals surface area contributed by atoms with Crippen molar-refractivity contribution in [3.05, 3.63) is 87.4 Å². The first-order valence-electron chi connectivity index (χ1n) is 8.94. The monoisotopic (exact) mass is 502 g/mol. The Morgan fingerprint density at radius 2 is 1.56 bits per heavy atom. The molecule has 0 spiro atoms. The number of amides is 1. The van der Waals surface area contributed by atoms with Crippen LogP contribution < -0.4 is 10.0 Å². The number of benzene rings is 3. The highest BCUT2D eigenvalue weighted by atomic mass is 35.5. The number of nitrogens with one attached hydrogen (secondary N) is 2. The summed E-state index contributed by atoms with van der Waals surface area (Å²) in [4.78, 5) is 12.4. The number of para-hydroxylation sites is 1. The molecule has 3 aromatic rings. The number of hydrogen-bond acceptors (Lipinski definition) is 3. The van der Waals surface area contributed by atoms with Gasteiger partial charge in [0.25, 0.3) is 15.9 Å². The molecule has 0 aromatic heterocycles.